The van der Waals surface area contributed by atoms with Crippen molar-refractivity contribution in [2.75, 3.05) is 0 Å². The first-order valence-electron chi connectivity index (χ1n) is 8.82. The zero-order valence-corrected chi connectivity index (χ0v) is 14.9. The summed E-state index contributed by atoms with van der Waals surface area (Å²) in [5.41, 5.74) is 2.25. The maximum Gasteiger partial charge on any atom is 0.326 e. The predicted octanol–water partition coefficient (Wildman–Crippen LogP) is 4.02. The van der Waals surface area contributed by atoms with Crippen LogP contribution in [0.2, 0.25) is 0 Å². The minimum Gasteiger partial charge on any atom is -0.480 e. The van der Waals surface area contributed by atoms with Gasteiger partial charge in [0, 0.05) is 18.5 Å². The van der Waals surface area contributed by atoms with Crippen LogP contribution in [0.5, 0.6) is 0 Å². The molecule has 3 rings (SSSR count). The van der Waals surface area contributed by atoms with Crippen molar-refractivity contribution in [2.24, 2.45) is 0 Å². The summed E-state index contributed by atoms with van der Waals surface area (Å²) < 4.78 is 0. The maximum atomic E-state index is 13.1. The second-order valence-electron chi connectivity index (χ2n) is 6.33. The SMILES string of the molecule is O=C(O)[C@H](Cc1ccccc1)N(Cc1ccccc1)C(=O)c1ccccc1. The third-order valence-corrected chi connectivity index (χ3v) is 4.41. The zero-order chi connectivity index (χ0) is 19.1. The Kier molecular flexibility index (Phi) is 6.00. The van der Waals surface area contributed by atoms with Crippen LogP contribution in [0.15, 0.2) is 91.0 Å². The highest BCUT2D eigenvalue weighted by Crippen LogP contribution is 2.17. The molecule has 0 fully saturated rings. The Morgan fingerprint density at radius 1 is 0.741 bits per heavy atom. The number of hydrogen-bond donors (Lipinski definition) is 1. The smallest absolute Gasteiger partial charge is 0.326 e. The summed E-state index contributed by atoms with van der Waals surface area (Å²) in [6.07, 6.45) is 0.252. The van der Waals surface area contributed by atoms with Crippen LogP contribution in [0.1, 0.15) is 21.5 Å². The molecule has 27 heavy (non-hydrogen) atoms. The third-order valence-electron chi connectivity index (χ3n) is 4.41. The molecule has 0 saturated heterocycles. The Balaban J connectivity index is 1.95. The van der Waals surface area contributed by atoms with Crippen LogP contribution in [0, 0.1) is 0 Å². The summed E-state index contributed by atoms with van der Waals surface area (Å²) in [5, 5.41) is 9.88. The highest BCUT2D eigenvalue weighted by atomic mass is 16.4. The molecule has 4 nitrogen and oxygen atoms in total. The van der Waals surface area contributed by atoms with Gasteiger partial charge in [-0.1, -0.05) is 78.9 Å². The molecule has 0 spiro atoms. The number of carbonyl (C=O) groups is 2. The fourth-order valence-corrected chi connectivity index (χ4v) is 3.02. The van der Waals surface area contributed by atoms with Gasteiger partial charge in [0.1, 0.15) is 6.04 Å². The lowest BCUT2D eigenvalue weighted by atomic mass is 10.0. The first-order chi connectivity index (χ1) is 13.1. The molecule has 0 aromatic heterocycles. The van der Waals surface area contributed by atoms with E-state index in [1.54, 1.807) is 24.3 Å². The highest BCUT2D eigenvalue weighted by molar-refractivity contribution is 5.96. The maximum absolute atomic E-state index is 13.1. The van der Waals surface area contributed by atoms with Gasteiger partial charge in [-0.05, 0) is 23.3 Å². The van der Waals surface area contributed by atoms with E-state index in [-0.39, 0.29) is 18.9 Å². The molecule has 0 saturated carbocycles. The highest BCUT2D eigenvalue weighted by Gasteiger charge is 2.30. The quantitative estimate of drug-likeness (QED) is 0.693. The van der Waals surface area contributed by atoms with Gasteiger partial charge in [0.05, 0.1) is 0 Å². The number of benzene rings is 3. The van der Waals surface area contributed by atoms with E-state index < -0.39 is 12.0 Å². The number of aliphatic carboxylic acids is 1. The number of carbonyl (C=O) groups excluding carboxylic acids is 1. The average molecular weight is 359 g/mol. The second-order valence-corrected chi connectivity index (χ2v) is 6.33. The van der Waals surface area contributed by atoms with Gasteiger partial charge in [0.25, 0.3) is 5.91 Å². The minimum atomic E-state index is -1.01. The summed E-state index contributed by atoms with van der Waals surface area (Å²) in [7, 11) is 0. The van der Waals surface area contributed by atoms with Crippen molar-refractivity contribution in [2.45, 2.75) is 19.0 Å². The molecular weight excluding hydrogens is 338 g/mol. The van der Waals surface area contributed by atoms with Crippen molar-refractivity contribution in [3.63, 3.8) is 0 Å². The van der Waals surface area contributed by atoms with Crippen molar-refractivity contribution in [3.05, 3.63) is 108 Å². The van der Waals surface area contributed by atoms with Gasteiger partial charge < -0.3 is 10.0 Å². The molecule has 3 aromatic rings. The summed E-state index contributed by atoms with van der Waals surface area (Å²) in [4.78, 5) is 26.7. The monoisotopic (exact) mass is 359 g/mol. The van der Waals surface area contributed by atoms with E-state index in [9.17, 15) is 14.7 Å². The molecular formula is C23H21NO3. The summed E-state index contributed by atoms with van der Waals surface area (Å²) in [6, 6.07) is 26.7. The van der Waals surface area contributed by atoms with E-state index in [1.807, 2.05) is 66.7 Å². The molecule has 0 aliphatic rings. The van der Waals surface area contributed by atoms with Crippen LogP contribution in [-0.2, 0) is 17.8 Å². The fraction of sp³-hybridized carbons (Fsp3) is 0.130. The fourth-order valence-electron chi connectivity index (χ4n) is 3.02. The number of amides is 1. The molecule has 4 heteroatoms. The van der Waals surface area contributed by atoms with E-state index in [2.05, 4.69) is 0 Å². The average Bonchev–Trinajstić information content (AvgIpc) is 2.72. The number of carboxylic acid groups (broad SMARTS) is 1. The zero-order valence-electron chi connectivity index (χ0n) is 14.9. The Morgan fingerprint density at radius 3 is 1.74 bits per heavy atom. The third kappa shape index (κ3) is 4.82. The van der Waals surface area contributed by atoms with Crippen LogP contribution in [0.4, 0.5) is 0 Å². The molecule has 0 aliphatic heterocycles. The van der Waals surface area contributed by atoms with E-state index in [0.717, 1.165) is 11.1 Å². The Hall–Kier alpha value is -3.40. The van der Waals surface area contributed by atoms with Gasteiger partial charge in [-0.15, -0.1) is 0 Å². The molecule has 0 radical (unpaired) electrons. The lowest BCUT2D eigenvalue weighted by molar-refractivity contribution is -0.142. The number of carboxylic acids is 1. The van der Waals surface area contributed by atoms with Crippen molar-refractivity contribution >= 4 is 11.9 Å². The van der Waals surface area contributed by atoms with Gasteiger partial charge >= 0.3 is 5.97 Å². The molecule has 0 bridgehead atoms. The summed E-state index contributed by atoms with van der Waals surface area (Å²) in [6.45, 7) is 0.234. The first-order valence-corrected chi connectivity index (χ1v) is 8.82. The van der Waals surface area contributed by atoms with Crippen molar-refractivity contribution < 1.29 is 14.7 Å². The number of hydrogen-bond acceptors (Lipinski definition) is 2. The molecule has 0 unspecified atom stereocenters. The molecule has 1 amide bonds. The Bertz CT molecular complexity index is 879. The number of nitrogens with zero attached hydrogens (tertiary/aromatic N) is 1. The molecule has 1 N–H and O–H groups in total. The lowest BCUT2D eigenvalue weighted by Gasteiger charge is -2.29. The van der Waals surface area contributed by atoms with E-state index in [0.29, 0.717) is 5.56 Å². The van der Waals surface area contributed by atoms with Gasteiger partial charge in [-0.3, -0.25) is 4.79 Å². The van der Waals surface area contributed by atoms with Crippen molar-refractivity contribution in [1.82, 2.24) is 4.90 Å². The lowest BCUT2D eigenvalue weighted by Crippen LogP contribution is -2.46. The summed E-state index contributed by atoms with van der Waals surface area (Å²) in [5.74, 6) is -1.30. The van der Waals surface area contributed by atoms with E-state index in [4.69, 9.17) is 0 Å². The number of rotatable bonds is 7. The Labute approximate surface area is 158 Å². The normalized spacial score (nSPS) is 11.6. The van der Waals surface area contributed by atoms with Crippen molar-refractivity contribution in [3.8, 4) is 0 Å². The van der Waals surface area contributed by atoms with Crippen LogP contribution in [-0.4, -0.2) is 27.9 Å². The van der Waals surface area contributed by atoms with E-state index in [1.165, 1.54) is 4.90 Å². The van der Waals surface area contributed by atoms with Gasteiger partial charge in [0.15, 0.2) is 0 Å². The van der Waals surface area contributed by atoms with Crippen LogP contribution >= 0.6 is 0 Å². The van der Waals surface area contributed by atoms with Crippen LogP contribution in [0.3, 0.4) is 0 Å². The Morgan fingerprint density at radius 2 is 1.22 bits per heavy atom. The second kappa shape index (κ2) is 8.81. The molecule has 0 heterocycles. The molecule has 1 atom stereocenters. The summed E-state index contributed by atoms with van der Waals surface area (Å²) >= 11 is 0. The molecule has 136 valence electrons. The van der Waals surface area contributed by atoms with Gasteiger partial charge in [-0.25, -0.2) is 4.79 Å². The van der Waals surface area contributed by atoms with E-state index >= 15 is 0 Å². The largest absolute Gasteiger partial charge is 0.480 e. The van der Waals surface area contributed by atoms with Gasteiger partial charge in [-0.2, -0.15) is 0 Å². The molecule has 3 aromatic carbocycles. The first kappa shape index (κ1) is 18.4. The predicted molar refractivity (Wildman–Crippen MR) is 104 cm³/mol. The topological polar surface area (TPSA) is 57.6 Å². The molecule has 0 aliphatic carbocycles. The minimum absolute atomic E-state index is 0.234. The van der Waals surface area contributed by atoms with Crippen LogP contribution in [0.25, 0.3) is 0 Å². The van der Waals surface area contributed by atoms with Gasteiger partial charge in [0.2, 0.25) is 0 Å². The van der Waals surface area contributed by atoms with Crippen LogP contribution < -0.4 is 0 Å². The van der Waals surface area contributed by atoms with Crippen molar-refractivity contribution in [1.29, 1.82) is 0 Å². The standard InChI is InChI=1S/C23H21NO3/c25-22(20-14-8-3-9-15-20)24(17-19-12-6-2-7-13-19)21(23(26)27)16-18-10-4-1-5-11-18/h1-15,21H,16-17H2,(H,26,27)/t21-/m0/s1.